The van der Waals surface area contributed by atoms with Crippen molar-refractivity contribution in [3.63, 3.8) is 0 Å². The molecule has 0 radical (unpaired) electrons. The van der Waals surface area contributed by atoms with Crippen LogP contribution in [-0.4, -0.2) is 39.2 Å². The molecule has 23 heavy (non-hydrogen) atoms. The van der Waals surface area contributed by atoms with Crippen LogP contribution in [0, 0.1) is 6.92 Å². The molecule has 6 heteroatoms. The zero-order valence-corrected chi connectivity index (χ0v) is 15.2. The Bertz CT molecular complexity index is 544. The monoisotopic (exact) mass is 336 g/mol. The number of hydrogen-bond acceptors (Lipinski definition) is 3. The van der Waals surface area contributed by atoms with Gasteiger partial charge in [0.25, 0.3) is 0 Å². The molecule has 1 fully saturated rings. The fourth-order valence-electron chi connectivity index (χ4n) is 2.93. The van der Waals surface area contributed by atoms with Crippen molar-refractivity contribution in [1.29, 1.82) is 0 Å². The van der Waals surface area contributed by atoms with E-state index >= 15 is 0 Å². The van der Waals surface area contributed by atoms with Gasteiger partial charge in [-0.05, 0) is 37.8 Å². The second-order valence-electron chi connectivity index (χ2n) is 6.03. The third-order valence-electron chi connectivity index (χ3n) is 4.28. The first-order chi connectivity index (χ1) is 11.1. The van der Waals surface area contributed by atoms with Crippen LogP contribution < -0.4 is 10.6 Å². The van der Waals surface area contributed by atoms with E-state index in [1.165, 1.54) is 0 Å². The summed E-state index contributed by atoms with van der Waals surface area (Å²) in [5.74, 6) is 1.56. The molecule has 1 heterocycles. The molecule has 3 atom stereocenters. The summed E-state index contributed by atoms with van der Waals surface area (Å²) in [5, 5.41) is 7.14. The van der Waals surface area contributed by atoms with E-state index < -0.39 is 10.8 Å². The lowest BCUT2D eigenvalue weighted by Gasteiger charge is -2.30. The molecular weight excluding hydrogens is 308 g/mol. The fourth-order valence-corrected chi connectivity index (χ4v) is 4.28. The third-order valence-corrected chi connectivity index (χ3v) is 6.02. The van der Waals surface area contributed by atoms with Crippen molar-refractivity contribution in [3.05, 3.63) is 29.6 Å². The Balaban J connectivity index is 1.84. The Morgan fingerprint density at radius 1 is 1.43 bits per heavy atom. The Kier molecular flexibility index (Phi) is 7.02. The van der Waals surface area contributed by atoms with Gasteiger partial charge in [0.2, 0.25) is 0 Å². The summed E-state index contributed by atoms with van der Waals surface area (Å²) in [5.41, 5.74) is 2.15. The van der Waals surface area contributed by atoms with Gasteiger partial charge in [-0.25, -0.2) is 0 Å². The van der Waals surface area contributed by atoms with Gasteiger partial charge < -0.3 is 10.6 Å². The first kappa shape index (κ1) is 17.9. The molecule has 0 saturated heterocycles. The first-order valence-corrected chi connectivity index (χ1v) is 9.76. The van der Waals surface area contributed by atoms with Gasteiger partial charge in [0.05, 0.1) is 0 Å². The zero-order chi connectivity index (χ0) is 16.7. The van der Waals surface area contributed by atoms with E-state index in [4.69, 9.17) is 0 Å². The third kappa shape index (κ3) is 5.61. The quantitative estimate of drug-likeness (QED) is 0.639. The zero-order valence-electron chi connectivity index (χ0n) is 14.3. The molecule has 2 N–H and O–H groups in total. The van der Waals surface area contributed by atoms with Gasteiger partial charge in [-0.1, -0.05) is 19.4 Å². The lowest BCUT2D eigenvalue weighted by molar-refractivity contribution is 0.413. The van der Waals surface area contributed by atoms with E-state index in [1.54, 1.807) is 7.05 Å². The smallest absolute Gasteiger partial charge is 0.191 e. The number of hydrogen-bond donors (Lipinski definition) is 2. The van der Waals surface area contributed by atoms with Gasteiger partial charge in [-0.15, -0.1) is 0 Å². The number of nitrogens with zero attached hydrogens (tertiary/aromatic N) is 2. The molecule has 0 spiro atoms. The van der Waals surface area contributed by atoms with E-state index in [0.717, 1.165) is 48.7 Å². The van der Waals surface area contributed by atoms with Crippen LogP contribution in [-0.2, 0) is 17.3 Å². The second kappa shape index (κ2) is 9.01. The van der Waals surface area contributed by atoms with Crippen molar-refractivity contribution in [1.82, 2.24) is 15.6 Å². The molecule has 5 nitrogen and oxygen atoms in total. The minimum atomic E-state index is -0.695. The van der Waals surface area contributed by atoms with Crippen LogP contribution in [0.15, 0.2) is 23.3 Å². The average Bonchev–Trinajstić information content (AvgIpc) is 2.59. The highest BCUT2D eigenvalue weighted by Crippen LogP contribution is 2.22. The summed E-state index contributed by atoms with van der Waals surface area (Å²) >= 11 is 0. The average molecular weight is 337 g/mol. The largest absolute Gasteiger partial charge is 0.354 e. The summed E-state index contributed by atoms with van der Waals surface area (Å²) in [6, 6.07) is 4.44. The second-order valence-corrected chi connectivity index (χ2v) is 8.04. The maximum atomic E-state index is 12.0. The molecule has 1 aliphatic rings. The van der Waals surface area contributed by atoms with Gasteiger partial charge in [0.15, 0.2) is 5.96 Å². The van der Waals surface area contributed by atoms with Gasteiger partial charge in [-0.3, -0.25) is 14.2 Å². The Morgan fingerprint density at radius 3 is 2.91 bits per heavy atom. The van der Waals surface area contributed by atoms with E-state index in [2.05, 4.69) is 26.7 Å². The number of aryl methyl sites for hydroxylation is 1. The summed E-state index contributed by atoms with van der Waals surface area (Å²) in [6.07, 6.45) is 6.18. The fraction of sp³-hybridized carbons (Fsp3) is 0.647. The van der Waals surface area contributed by atoms with Crippen molar-refractivity contribution < 1.29 is 4.21 Å². The van der Waals surface area contributed by atoms with Crippen molar-refractivity contribution in [2.75, 3.05) is 12.8 Å². The number of rotatable bonds is 5. The van der Waals surface area contributed by atoms with Gasteiger partial charge in [0, 0.05) is 53.3 Å². The molecular formula is C17H28N4OS. The number of aromatic nitrogens is 1. The van der Waals surface area contributed by atoms with Crippen molar-refractivity contribution in [2.45, 2.75) is 57.4 Å². The van der Waals surface area contributed by atoms with Gasteiger partial charge in [-0.2, -0.15) is 0 Å². The van der Waals surface area contributed by atoms with Crippen LogP contribution >= 0.6 is 0 Å². The van der Waals surface area contributed by atoms with E-state index in [0.29, 0.717) is 17.8 Å². The van der Waals surface area contributed by atoms with Crippen LogP contribution in [0.5, 0.6) is 0 Å². The highest BCUT2D eigenvalue weighted by Gasteiger charge is 2.25. The van der Waals surface area contributed by atoms with Crippen LogP contribution in [0.4, 0.5) is 0 Å². The molecule has 0 aromatic carbocycles. The number of aliphatic imine (C=N–C) groups is 1. The Labute approximate surface area is 141 Å². The minimum absolute atomic E-state index is 0.325. The Morgan fingerprint density at radius 2 is 2.26 bits per heavy atom. The molecule has 1 aromatic heterocycles. The van der Waals surface area contributed by atoms with Crippen LogP contribution in [0.3, 0.4) is 0 Å². The molecule has 0 bridgehead atoms. The normalized spacial score (nSPS) is 23.3. The topological polar surface area (TPSA) is 66.4 Å². The molecule has 128 valence electrons. The number of pyridine rings is 1. The number of guanidine groups is 1. The first-order valence-electron chi connectivity index (χ1n) is 8.38. The molecule has 0 aliphatic heterocycles. The molecule has 3 unspecified atom stereocenters. The molecule has 0 amide bonds. The number of nitrogens with one attached hydrogen (secondary N) is 2. The lowest BCUT2D eigenvalue weighted by atomic mass is 9.95. The van der Waals surface area contributed by atoms with Crippen molar-refractivity contribution >= 4 is 16.8 Å². The standard InChI is InChI=1S/C17H28N4OS/c1-4-23(22)16-7-5-6-15(10-16)21-17(18-3)20-12-14-9-8-13(2)19-11-14/h8-9,11,15-16H,4-7,10,12H2,1-3H3,(H2,18,20,21). The maximum absolute atomic E-state index is 12.0. The molecule has 1 saturated carbocycles. The van der Waals surface area contributed by atoms with Crippen LogP contribution in [0.2, 0.25) is 0 Å². The molecule has 1 aliphatic carbocycles. The highest BCUT2D eigenvalue weighted by atomic mass is 32.2. The summed E-state index contributed by atoms with van der Waals surface area (Å²) < 4.78 is 12.0. The summed E-state index contributed by atoms with van der Waals surface area (Å²) in [4.78, 5) is 8.61. The Hall–Kier alpha value is -1.43. The highest BCUT2D eigenvalue weighted by molar-refractivity contribution is 7.85. The SMILES string of the molecule is CCS(=O)C1CCCC(NC(=NC)NCc2ccc(C)nc2)C1. The van der Waals surface area contributed by atoms with Crippen LogP contribution in [0.25, 0.3) is 0 Å². The molecule has 2 rings (SSSR count). The predicted molar refractivity (Wildman–Crippen MR) is 97.0 cm³/mol. The van der Waals surface area contributed by atoms with E-state index in [9.17, 15) is 4.21 Å². The predicted octanol–water partition coefficient (Wildman–Crippen LogP) is 2.13. The van der Waals surface area contributed by atoms with Crippen molar-refractivity contribution in [3.8, 4) is 0 Å². The van der Waals surface area contributed by atoms with Gasteiger partial charge in [0.1, 0.15) is 0 Å². The maximum Gasteiger partial charge on any atom is 0.191 e. The van der Waals surface area contributed by atoms with E-state index in [-0.39, 0.29) is 0 Å². The van der Waals surface area contributed by atoms with E-state index in [1.807, 2.05) is 26.1 Å². The lowest BCUT2D eigenvalue weighted by Crippen LogP contribution is -2.46. The van der Waals surface area contributed by atoms with Crippen LogP contribution in [0.1, 0.15) is 43.9 Å². The molecule has 1 aromatic rings. The van der Waals surface area contributed by atoms with Gasteiger partial charge >= 0.3 is 0 Å². The van der Waals surface area contributed by atoms with Crippen molar-refractivity contribution in [2.24, 2.45) is 4.99 Å². The minimum Gasteiger partial charge on any atom is -0.354 e. The summed E-state index contributed by atoms with van der Waals surface area (Å²) in [7, 11) is 1.09. The summed E-state index contributed by atoms with van der Waals surface area (Å²) in [6.45, 7) is 4.69.